The number of piperazine rings is 1. The van der Waals surface area contributed by atoms with Crippen molar-refractivity contribution in [2.75, 3.05) is 19.6 Å². The van der Waals surface area contributed by atoms with Crippen molar-refractivity contribution in [2.45, 2.75) is 12.6 Å². The summed E-state index contributed by atoms with van der Waals surface area (Å²) in [5.74, 6) is 0. The third-order valence-electron chi connectivity index (χ3n) is 3.00. The Kier molecular flexibility index (Phi) is 4.36. The van der Waals surface area contributed by atoms with Gasteiger partial charge in [0.05, 0.1) is 6.04 Å². The second kappa shape index (κ2) is 6.21. The zero-order chi connectivity index (χ0) is 12.8. The normalized spacial score (nSPS) is 19.3. The van der Waals surface area contributed by atoms with Gasteiger partial charge in [-0.25, -0.2) is 4.79 Å². The lowest BCUT2D eigenvalue weighted by Gasteiger charge is -2.33. The monoisotopic (exact) mass is 246 g/mol. The van der Waals surface area contributed by atoms with E-state index in [1.165, 1.54) is 0 Å². The Morgan fingerprint density at radius 2 is 2.28 bits per heavy atom. The van der Waals surface area contributed by atoms with Crippen LogP contribution < -0.4 is 5.32 Å². The molecule has 0 unspecified atom stereocenters. The fraction of sp³-hybridized carbons (Fsp3) is 0.357. The van der Waals surface area contributed by atoms with Crippen LogP contribution in [-0.2, 0) is 11.3 Å². The molecular weight excluding hydrogens is 228 g/mol. The number of hydrogen-bond acceptors (Lipinski definition) is 3. The maximum absolute atomic E-state index is 12.0. The maximum Gasteiger partial charge on any atom is 0.410 e. The van der Waals surface area contributed by atoms with Gasteiger partial charge in [-0.2, -0.15) is 0 Å². The first-order valence-electron chi connectivity index (χ1n) is 6.12. The standard InChI is InChI=1S/C14H18N2O2/c1-2-13-10-15-8-9-16(13)14(17)18-11-12-6-4-3-5-7-12/h2-7,13,15H,1,8-11H2/t13-/m0/s1. The summed E-state index contributed by atoms with van der Waals surface area (Å²) < 4.78 is 5.31. The van der Waals surface area contributed by atoms with E-state index in [1.807, 2.05) is 30.3 Å². The molecule has 0 aliphatic carbocycles. The molecule has 1 heterocycles. The van der Waals surface area contributed by atoms with Crippen molar-refractivity contribution in [3.8, 4) is 0 Å². The van der Waals surface area contributed by atoms with Crippen LogP contribution in [0.25, 0.3) is 0 Å². The maximum atomic E-state index is 12.0. The first-order valence-corrected chi connectivity index (χ1v) is 6.12. The minimum atomic E-state index is -0.273. The lowest BCUT2D eigenvalue weighted by Crippen LogP contribution is -2.52. The van der Waals surface area contributed by atoms with Gasteiger partial charge in [-0.15, -0.1) is 6.58 Å². The number of nitrogens with one attached hydrogen (secondary N) is 1. The molecule has 1 aromatic rings. The summed E-state index contributed by atoms with van der Waals surface area (Å²) in [6.45, 7) is 6.25. The molecule has 1 fully saturated rings. The Morgan fingerprint density at radius 3 is 3.00 bits per heavy atom. The number of carbonyl (C=O) groups excluding carboxylic acids is 1. The second-order valence-corrected chi connectivity index (χ2v) is 4.24. The minimum absolute atomic E-state index is 0.0158. The molecule has 1 aromatic carbocycles. The van der Waals surface area contributed by atoms with Crippen molar-refractivity contribution in [1.29, 1.82) is 0 Å². The van der Waals surface area contributed by atoms with E-state index < -0.39 is 0 Å². The molecule has 1 amide bonds. The van der Waals surface area contributed by atoms with Gasteiger partial charge < -0.3 is 10.1 Å². The van der Waals surface area contributed by atoms with Crippen molar-refractivity contribution in [2.24, 2.45) is 0 Å². The van der Waals surface area contributed by atoms with Crippen molar-refractivity contribution < 1.29 is 9.53 Å². The molecule has 4 heteroatoms. The van der Waals surface area contributed by atoms with Crippen LogP contribution in [0.3, 0.4) is 0 Å². The lowest BCUT2D eigenvalue weighted by atomic mass is 10.2. The van der Waals surface area contributed by atoms with E-state index in [2.05, 4.69) is 11.9 Å². The van der Waals surface area contributed by atoms with Crippen molar-refractivity contribution in [3.05, 3.63) is 48.6 Å². The fourth-order valence-electron chi connectivity index (χ4n) is 1.96. The summed E-state index contributed by atoms with van der Waals surface area (Å²) in [4.78, 5) is 13.7. The van der Waals surface area contributed by atoms with E-state index in [-0.39, 0.29) is 12.1 Å². The Morgan fingerprint density at radius 1 is 1.50 bits per heavy atom. The molecule has 0 saturated carbocycles. The van der Waals surface area contributed by atoms with Crippen LogP contribution in [0.4, 0.5) is 4.79 Å². The Bertz CT molecular complexity index is 406. The summed E-state index contributed by atoms with van der Waals surface area (Å²) in [7, 11) is 0. The largest absolute Gasteiger partial charge is 0.445 e. The van der Waals surface area contributed by atoms with E-state index in [9.17, 15) is 4.79 Å². The molecule has 96 valence electrons. The summed E-state index contributed by atoms with van der Waals surface area (Å²) in [5.41, 5.74) is 0.996. The highest BCUT2D eigenvalue weighted by Gasteiger charge is 2.25. The number of amides is 1. The predicted octanol–water partition coefficient (Wildman–Crippen LogP) is 1.78. The summed E-state index contributed by atoms with van der Waals surface area (Å²) in [6, 6.07) is 9.70. The van der Waals surface area contributed by atoms with E-state index >= 15 is 0 Å². The Labute approximate surface area is 107 Å². The highest BCUT2D eigenvalue weighted by Crippen LogP contribution is 2.08. The minimum Gasteiger partial charge on any atom is -0.445 e. The van der Waals surface area contributed by atoms with E-state index in [0.29, 0.717) is 13.2 Å². The number of carbonyl (C=O) groups is 1. The number of rotatable bonds is 3. The molecule has 2 rings (SSSR count). The van der Waals surface area contributed by atoms with E-state index in [4.69, 9.17) is 4.74 Å². The molecule has 18 heavy (non-hydrogen) atoms. The number of hydrogen-bond donors (Lipinski definition) is 1. The summed E-state index contributed by atoms with van der Waals surface area (Å²) in [5, 5.41) is 3.22. The van der Waals surface area contributed by atoms with Gasteiger partial charge >= 0.3 is 6.09 Å². The van der Waals surface area contributed by atoms with Crippen LogP contribution in [0, 0.1) is 0 Å². The van der Waals surface area contributed by atoms with Crippen molar-refractivity contribution in [1.82, 2.24) is 10.2 Å². The van der Waals surface area contributed by atoms with Crippen molar-refractivity contribution in [3.63, 3.8) is 0 Å². The highest BCUT2D eigenvalue weighted by molar-refractivity contribution is 5.68. The first-order chi connectivity index (χ1) is 8.81. The molecule has 1 aliphatic heterocycles. The third kappa shape index (κ3) is 3.11. The average molecular weight is 246 g/mol. The van der Waals surface area contributed by atoms with Crippen LogP contribution >= 0.6 is 0 Å². The molecule has 0 spiro atoms. The number of nitrogens with zero attached hydrogens (tertiary/aromatic N) is 1. The molecule has 0 aromatic heterocycles. The Balaban J connectivity index is 1.89. The first kappa shape index (κ1) is 12.6. The van der Waals surface area contributed by atoms with Crippen LogP contribution in [0.15, 0.2) is 43.0 Å². The zero-order valence-electron chi connectivity index (χ0n) is 10.3. The van der Waals surface area contributed by atoms with Gasteiger partial charge in [0.1, 0.15) is 6.61 Å². The van der Waals surface area contributed by atoms with Gasteiger partial charge in [-0.3, -0.25) is 4.90 Å². The average Bonchev–Trinajstić information content (AvgIpc) is 2.45. The fourth-order valence-corrected chi connectivity index (χ4v) is 1.96. The molecule has 1 aliphatic rings. The van der Waals surface area contributed by atoms with Gasteiger partial charge in [0.15, 0.2) is 0 Å². The highest BCUT2D eigenvalue weighted by atomic mass is 16.6. The molecule has 1 saturated heterocycles. The van der Waals surface area contributed by atoms with Crippen LogP contribution in [0.1, 0.15) is 5.56 Å². The zero-order valence-corrected chi connectivity index (χ0v) is 10.3. The molecule has 1 atom stereocenters. The molecule has 1 N–H and O–H groups in total. The topological polar surface area (TPSA) is 41.6 Å². The van der Waals surface area contributed by atoms with E-state index in [1.54, 1.807) is 11.0 Å². The van der Waals surface area contributed by atoms with Gasteiger partial charge in [0.25, 0.3) is 0 Å². The van der Waals surface area contributed by atoms with Gasteiger partial charge in [-0.05, 0) is 5.56 Å². The number of ether oxygens (including phenoxy) is 1. The predicted molar refractivity (Wildman–Crippen MR) is 70.2 cm³/mol. The quantitative estimate of drug-likeness (QED) is 0.827. The van der Waals surface area contributed by atoms with Gasteiger partial charge in [0.2, 0.25) is 0 Å². The third-order valence-corrected chi connectivity index (χ3v) is 3.00. The summed E-state index contributed by atoms with van der Waals surface area (Å²) in [6.07, 6.45) is 1.50. The van der Waals surface area contributed by atoms with Crippen LogP contribution in [-0.4, -0.2) is 36.7 Å². The molecular formula is C14H18N2O2. The lowest BCUT2D eigenvalue weighted by molar-refractivity contribution is 0.0809. The second-order valence-electron chi connectivity index (χ2n) is 4.24. The number of benzene rings is 1. The van der Waals surface area contributed by atoms with E-state index in [0.717, 1.165) is 18.7 Å². The van der Waals surface area contributed by atoms with Crippen LogP contribution in [0.2, 0.25) is 0 Å². The molecule has 0 bridgehead atoms. The Hall–Kier alpha value is -1.81. The van der Waals surface area contributed by atoms with Crippen molar-refractivity contribution >= 4 is 6.09 Å². The van der Waals surface area contributed by atoms with Gasteiger partial charge in [-0.1, -0.05) is 36.4 Å². The molecule has 4 nitrogen and oxygen atoms in total. The SMILES string of the molecule is C=C[C@H]1CNCCN1C(=O)OCc1ccccc1. The van der Waals surface area contributed by atoms with Gasteiger partial charge in [0, 0.05) is 19.6 Å². The smallest absolute Gasteiger partial charge is 0.410 e. The molecule has 0 radical (unpaired) electrons. The summed E-state index contributed by atoms with van der Waals surface area (Å²) >= 11 is 0. The van der Waals surface area contributed by atoms with Crippen LogP contribution in [0.5, 0.6) is 0 Å².